The second-order valence-corrected chi connectivity index (χ2v) is 12.5. The molecule has 0 amide bonds. The first-order valence-corrected chi connectivity index (χ1v) is 14.8. The van der Waals surface area contributed by atoms with Crippen molar-refractivity contribution in [3.8, 4) is 16.9 Å². The number of halogens is 4. The van der Waals surface area contributed by atoms with E-state index in [1.54, 1.807) is 19.2 Å². The number of hydrogen-bond donors (Lipinski definition) is 2. The fraction of sp³-hybridized carbons (Fsp3) is 0.321. The number of aliphatic hydroxyl groups excluding tert-OH is 1. The summed E-state index contributed by atoms with van der Waals surface area (Å²) < 4.78 is 60.8. The predicted molar refractivity (Wildman–Crippen MR) is 155 cm³/mol. The molecule has 6 nitrogen and oxygen atoms in total. The molecule has 2 aliphatic rings. The highest BCUT2D eigenvalue weighted by molar-refractivity contribution is 7.85. The fourth-order valence-corrected chi connectivity index (χ4v) is 6.88. The van der Waals surface area contributed by atoms with Crippen LogP contribution in [0.3, 0.4) is 0 Å². The first kappa shape index (κ1) is 30.1. The molecule has 1 fully saturated rings. The number of rotatable bonds is 5. The van der Waals surface area contributed by atoms with E-state index >= 15 is 0 Å². The normalized spacial score (nSPS) is 16.8. The molecule has 2 aromatic heterocycles. The summed E-state index contributed by atoms with van der Waals surface area (Å²) in [7, 11) is 1.90. The van der Waals surface area contributed by atoms with Crippen molar-refractivity contribution in [3.63, 3.8) is 0 Å². The van der Waals surface area contributed by atoms with Crippen LogP contribution in [-0.2, 0) is 11.0 Å². The molecule has 1 aliphatic carbocycles. The number of nitrogens with one attached hydrogen (secondary N) is 1. The summed E-state index contributed by atoms with van der Waals surface area (Å²) in [6.07, 6.45) is 1.17. The Balaban J connectivity index is 0.000000546. The monoisotopic (exact) mass is 611 g/mol. The molecule has 5 rings (SSSR count). The average Bonchev–Trinajstić information content (AvgIpc) is 3.48. The largest absolute Gasteiger partial charge is 0.508 e. The second kappa shape index (κ2) is 12.8. The Morgan fingerprint density at radius 2 is 1.90 bits per heavy atom. The lowest BCUT2D eigenvalue weighted by Gasteiger charge is -2.10. The lowest BCUT2D eigenvalue weighted by Crippen LogP contribution is -2.15. The number of thiophene rings is 1. The van der Waals surface area contributed by atoms with E-state index in [0.717, 1.165) is 34.1 Å². The van der Waals surface area contributed by atoms with Crippen molar-refractivity contribution in [1.82, 2.24) is 14.6 Å². The van der Waals surface area contributed by atoms with Gasteiger partial charge in [-0.25, -0.2) is 9.19 Å². The zero-order chi connectivity index (χ0) is 29.0. The van der Waals surface area contributed by atoms with Gasteiger partial charge in [-0.1, -0.05) is 23.7 Å². The highest BCUT2D eigenvalue weighted by Crippen LogP contribution is 2.42. The first-order chi connectivity index (χ1) is 19.0. The van der Waals surface area contributed by atoms with Crippen molar-refractivity contribution in [1.29, 1.82) is 0 Å². The number of benzene rings is 1. The maximum absolute atomic E-state index is 13.0. The van der Waals surface area contributed by atoms with Crippen LogP contribution in [0.2, 0.25) is 4.34 Å². The number of pyridine rings is 1. The van der Waals surface area contributed by atoms with Crippen molar-refractivity contribution >= 4 is 44.8 Å². The number of aryl methyl sites for hydroxylation is 1. The molecule has 40 heavy (non-hydrogen) atoms. The topological polar surface area (TPSA) is 74.7 Å². The quantitative estimate of drug-likeness (QED) is 0.313. The average molecular weight is 612 g/mol. The summed E-state index contributed by atoms with van der Waals surface area (Å²) in [4.78, 5) is 6.92. The summed E-state index contributed by atoms with van der Waals surface area (Å²) in [6.45, 7) is 4.51. The van der Waals surface area contributed by atoms with Crippen LogP contribution < -0.4 is 9.46 Å². The number of ether oxygens (including phenoxy) is 1. The predicted octanol–water partition coefficient (Wildman–Crippen LogP) is 7.48. The molecule has 0 bridgehead atoms. The van der Waals surface area contributed by atoms with E-state index in [1.165, 1.54) is 38.1 Å². The van der Waals surface area contributed by atoms with Gasteiger partial charge in [0.2, 0.25) is 0 Å². The number of aliphatic hydroxyl groups is 1. The Kier molecular flexibility index (Phi) is 9.60. The Labute approximate surface area is 242 Å². The molecular weight excluding hydrogens is 583 g/mol. The molecule has 214 valence electrons. The van der Waals surface area contributed by atoms with Crippen molar-refractivity contribution in [2.45, 2.75) is 36.6 Å². The van der Waals surface area contributed by atoms with Crippen LogP contribution >= 0.6 is 22.9 Å². The smallest absolute Gasteiger partial charge is 0.416 e. The van der Waals surface area contributed by atoms with Gasteiger partial charge < -0.3 is 19.5 Å². The lowest BCUT2D eigenvalue weighted by molar-refractivity contribution is -0.0953. The minimum Gasteiger partial charge on any atom is -0.508 e. The molecule has 1 saturated heterocycles. The van der Waals surface area contributed by atoms with Crippen LogP contribution in [0.25, 0.3) is 22.0 Å². The highest BCUT2D eigenvalue weighted by Gasteiger charge is 2.36. The third-order valence-corrected chi connectivity index (χ3v) is 9.18. The lowest BCUT2D eigenvalue weighted by atomic mass is 10.0. The standard InChI is InChI=1S/C23H18ClF3N2O3S2.C5H11N/c1-12-6-7-15-14(8-9-19(32-2)21(15)28-12)16-11-20(33-22(16)24)34(31)29-13-4-3-5-17(18(30)10-13)23(25,26)27;1-6-4-2-3-5-6/h3-4,6-11,29-30H,5H2,1-2H3;2-5H2,1H3. The van der Waals surface area contributed by atoms with E-state index in [2.05, 4.69) is 21.7 Å². The number of likely N-dealkylation sites (tertiary alicyclic amines) is 1. The Morgan fingerprint density at radius 1 is 1.18 bits per heavy atom. The van der Waals surface area contributed by atoms with Crippen LogP contribution in [0, 0.1) is 6.92 Å². The summed E-state index contributed by atoms with van der Waals surface area (Å²) in [5.41, 5.74) is 1.92. The fourth-order valence-electron chi connectivity index (χ4n) is 4.36. The van der Waals surface area contributed by atoms with E-state index in [4.69, 9.17) is 16.3 Å². The van der Waals surface area contributed by atoms with Gasteiger partial charge in [0.15, 0.2) is 11.0 Å². The maximum Gasteiger partial charge on any atom is 0.416 e. The van der Waals surface area contributed by atoms with E-state index < -0.39 is 34.9 Å². The van der Waals surface area contributed by atoms with Gasteiger partial charge in [-0.15, -0.1) is 11.3 Å². The molecule has 0 spiro atoms. The van der Waals surface area contributed by atoms with Gasteiger partial charge >= 0.3 is 6.18 Å². The van der Waals surface area contributed by atoms with E-state index in [0.29, 0.717) is 25.4 Å². The minimum absolute atomic E-state index is 0.0794. The van der Waals surface area contributed by atoms with Crippen molar-refractivity contribution in [2.24, 2.45) is 0 Å². The first-order valence-electron chi connectivity index (χ1n) is 12.5. The van der Waals surface area contributed by atoms with E-state index in [1.807, 2.05) is 25.1 Å². The Morgan fingerprint density at radius 3 is 2.52 bits per heavy atom. The van der Waals surface area contributed by atoms with Crippen LogP contribution in [0.5, 0.6) is 5.75 Å². The van der Waals surface area contributed by atoms with Gasteiger partial charge in [0.25, 0.3) is 0 Å². The molecule has 3 aromatic rings. The molecule has 1 aromatic carbocycles. The number of methoxy groups -OCH3 is 1. The molecular formula is C28H29ClF3N3O3S2. The molecule has 1 unspecified atom stereocenters. The van der Waals surface area contributed by atoms with Crippen LogP contribution in [0.4, 0.5) is 13.2 Å². The SMILES string of the molecule is CN1CCCC1.COc1ccc(-c2cc(S(=O)NC3=CC(O)=C(C(F)(F)F)CC=C3)sc2Cl)c2ccc(C)nc12. The second-order valence-electron chi connectivity index (χ2n) is 9.37. The number of allylic oxidation sites excluding steroid dienone is 4. The number of nitrogens with zero attached hydrogens (tertiary/aromatic N) is 2. The van der Waals surface area contributed by atoms with Gasteiger partial charge in [-0.05, 0) is 82.2 Å². The zero-order valence-corrected chi connectivity index (χ0v) is 24.5. The van der Waals surface area contributed by atoms with E-state index in [-0.39, 0.29) is 5.70 Å². The van der Waals surface area contributed by atoms with Crippen LogP contribution in [0.1, 0.15) is 25.0 Å². The van der Waals surface area contributed by atoms with Gasteiger partial charge in [0.05, 0.1) is 12.7 Å². The van der Waals surface area contributed by atoms with Crippen molar-refractivity contribution in [3.05, 3.63) is 75.6 Å². The highest BCUT2D eigenvalue weighted by atomic mass is 35.5. The Hall–Kier alpha value is -2.86. The number of aromatic nitrogens is 1. The number of hydrogen-bond acceptors (Lipinski definition) is 6. The van der Waals surface area contributed by atoms with Gasteiger partial charge in [0, 0.05) is 28.4 Å². The molecule has 1 aliphatic heterocycles. The van der Waals surface area contributed by atoms with Gasteiger partial charge in [-0.2, -0.15) is 13.2 Å². The van der Waals surface area contributed by atoms with Gasteiger partial charge in [-0.3, -0.25) is 0 Å². The molecule has 0 radical (unpaired) electrons. The van der Waals surface area contributed by atoms with Gasteiger partial charge in [0.1, 0.15) is 25.6 Å². The molecule has 1 atom stereocenters. The summed E-state index contributed by atoms with van der Waals surface area (Å²) in [6, 6.07) is 9.06. The summed E-state index contributed by atoms with van der Waals surface area (Å²) in [5, 5.41) is 10.7. The number of alkyl halides is 3. The molecule has 3 heterocycles. The number of fused-ring (bicyclic) bond motifs is 1. The summed E-state index contributed by atoms with van der Waals surface area (Å²) >= 11 is 7.58. The molecule has 0 saturated carbocycles. The summed E-state index contributed by atoms with van der Waals surface area (Å²) in [5.74, 6) is -0.313. The molecule has 12 heteroatoms. The third kappa shape index (κ3) is 7.06. The van der Waals surface area contributed by atoms with E-state index in [9.17, 15) is 22.5 Å². The van der Waals surface area contributed by atoms with Crippen LogP contribution in [-0.4, -0.2) is 52.6 Å². The van der Waals surface area contributed by atoms with Crippen molar-refractivity contribution in [2.75, 3.05) is 27.2 Å². The third-order valence-electron chi connectivity index (χ3n) is 6.42. The van der Waals surface area contributed by atoms with Crippen molar-refractivity contribution < 1.29 is 27.2 Å². The van der Waals surface area contributed by atoms with Crippen LogP contribution in [0.15, 0.2) is 69.8 Å². The zero-order valence-electron chi connectivity index (χ0n) is 22.1. The molecule has 2 N–H and O–H groups in total. The maximum atomic E-state index is 13.0. The minimum atomic E-state index is -4.66. The Bertz CT molecular complexity index is 1510.